The molecule has 0 spiro atoms. The summed E-state index contributed by atoms with van der Waals surface area (Å²) in [6, 6.07) is 0. The molecule has 0 aliphatic rings. The topological polar surface area (TPSA) is 190 Å². The van der Waals surface area contributed by atoms with Crippen molar-refractivity contribution in [3.05, 3.63) is 0 Å². The molecule has 0 aromatic heterocycles. The summed E-state index contributed by atoms with van der Waals surface area (Å²) in [7, 11) is -3.32. The average Bonchev–Trinajstić information content (AvgIpc) is 2.34. The van der Waals surface area contributed by atoms with Crippen LogP contribution in [0.3, 0.4) is 0 Å². The third kappa shape index (κ3) is 15.5. The van der Waals surface area contributed by atoms with Crippen LogP contribution in [0.25, 0.3) is 0 Å². The normalized spacial score (nSPS) is 11.8. The van der Waals surface area contributed by atoms with Crippen molar-refractivity contribution in [1.29, 1.82) is 0 Å². The second-order valence-corrected chi connectivity index (χ2v) is 1.79. The third-order valence-electron chi connectivity index (χ3n) is 0.427. The summed E-state index contributed by atoms with van der Waals surface area (Å²) in [4.78, 5) is 9.66. The lowest BCUT2D eigenvalue weighted by atomic mass is 14.0. The molecule has 1 atom stereocenters. The van der Waals surface area contributed by atoms with Crippen molar-refractivity contribution in [2.24, 2.45) is 0 Å². The molecule has 0 bridgehead atoms. The molecule has 0 amide bonds. The number of rotatable bonds is 14. The Labute approximate surface area is 94.4 Å². The van der Waals surface area contributed by atoms with E-state index in [2.05, 4.69) is 70.2 Å². The summed E-state index contributed by atoms with van der Waals surface area (Å²) < 4.78 is 13.0. The first-order chi connectivity index (χ1) is 8.77. The van der Waals surface area contributed by atoms with E-state index in [9.17, 15) is 9.46 Å². The summed E-state index contributed by atoms with van der Waals surface area (Å²) >= 11 is 0. The average molecular weight is 304 g/mol. The maximum absolute atomic E-state index is 9.66. The summed E-state index contributed by atoms with van der Waals surface area (Å²) in [6.07, 6.45) is 0. The van der Waals surface area contributed by atoms with Crippen LogP contribution in [0.2, 0.25) is 0 Å². The van der Waals surface area contributed by atoms with Crippen LogP contribution in [0, 0.1) is 0 Å². The van der Waals surface area contributed by atoms with Crippen LogP contribution >= 0.6 is 8.25 Å². The molecule has 0 fully saturated rings. The lowest BCUT2D eigenvalue weighted by molar-refractivity contribution is -0.878. The molecule has 0 aliphatic carbocycles. The van der Waals surface area contributed by atoms with Gasteiger partial charge < -0.3 is 4.89 Å². The molecular weight excluding hydrogens is 303 g/mol. The Bertz CT molecular complexity index is 174. The first kappa shape index (κ1) is 17.5. The quantitative estimate of drug-likeness (QED) is 0.170. The van der Waals surface area contributed by atoms with Gasteiger partial charge in [0.15, 0.2) is 0 Å². The van der Waals surface area contributed by atoms with Gasteiger partial charge in [0.2, 0.25) is 0 Å². The summed E-state index contributed by atoms with van der Waals surface area (Å²) in [5, 5.41) is 50.8. The van der Waals surface area contributed by atoms with Crippen LogP contribution in [0.15, 0.2) is 0 Å². The summed E-state index contributed by atoms with van der Waals surface area (Å²) in [5.41, 5.74) is 0. The Hall–Kier alpha value is -0.540. The highest BCUT2D eigenvalue weighted by Crippen LogP contribution is 2.08. The van der Waals surface area contributed by atoms with Gasteiger partial charge in [0.1, 0.15) is 0 Å². The van der Waals surface area contributed by atoms with Crippen LogP contribution < -0.4 is 4.89 Å². The van der Waals surface area contributed by atoms with Gasteiger partial charge in [-0.3, -0.25) is 0 Å². The standard InChI is InChI=1S/HO17P/c1-4-5-6-7-8-9-10-11-12-13-14-15-16-17-18(2)3/h1H. The van der Waals surface area contributed by atoms with E-state index in [1.165, 1.54) is 0 Å². The lowest BCUT2D eigenvalue weighted by Crippen LogP contribution is -2.04. The molecule has 0 aromatic rings. The number of hydrogen-bond acceptors (Lipinski definition) is 17. The Morgan fingerprint density at radius 3 is 1.33 bits per heavy atom. The Morgan fingerprint density at radius 1 is 0.667 bits per heavy atom. The molecule has 0 saturated carbocycles. The zero-order valence-corrected chi connectivity index (χ0v) is 8.32. The van der Waals surface area contributed by atoms with Crippen molar-refractivity contribution in [3.63, 3.8) is 0 Å². The molecule has 17 nitrogen and oxygen atoms in total. The van der Waals surface area contributed by atoms with E-state index in [1.807, 2.05) is 0 Å². The molecule has 0 saturated heterocycles. The minimum Gasteiger partial charge on any atom is -0.564 e. The highest BCUT2D eigenvalue weighted by atomic mass is 31.1. The van der Waals surface area contributed by atoms with Crippen LogP contribution in [0.4, 0.5) is 0 Å². The molecule has 0 aliphatic heterocycles. The molecule has 18 heavy (non-hydrogen) atoms. The van der Waals surface area contributed by atoms with Crippen LogP contribution in [-0.2, 0) is 74.7 Å². The first-order valence-corrected chi connectivity index (χ1v) is 3.99. The van der Waals surface area contributed by atoms with Gasteiger partial charge in [-0.15, -0.1) is 0 Å². The maximum atomic E-state index is 9.66. The van der Waals surface area contributed by atoms with Gasteiger partial charge in [0.25, 0.3) is 0 Å². The fourth-order valence-corrected chi connectivity index (χ4v) is 0.238. The Balaban J connectivity index is 2.92. The SMILES string of the molecule is O=[P+]([O-])OOOOOOOOOOOOOOO. The van der Waals surface area contributed by atoms with E-state index in [0.717, 1.165) is 0 Å². The Kier molecular flexibility index (Phi) is 14.1. The van der Waals surface area contributed by atoms with Gasteiger partial charge >= 0.3 is 8.25 Å². The van der Waals surface area contributed by atoms with Crippen LogP contribution in [0.1, 0.15) is 0 Å². The van der Waals surface area contributed by atoms with Gasteiger partial charge in [0, 0.05) is 30.2 Å². The van der Waals surface area contributed by atoms with E-state index in [0.29, 0.717) is 0 Å². The van der Waals surface area contributed by atoms with Gasteiger partial charge in [0.05, 0.1) is 4.67 Å². The fraction of sp³-hybridized carbons (Fsp3) is 0. The molecule has 1 N–H and O–H groups in total. The fourth-order valence-electron chi connectivity index (χ4n) is 0.163. The first-order valence-electron chi connectivity index (χ1n) is 2.90. The minimum absolute atomic E-state index is 2.86. The Morgan fingerprint density at radius 2 is 1.00 bits per heavy atom. The molecular formula is HO17P. The largest absolute Gasteiger partial charge is 0.564 e. The summed E-state index contributed by atoms with van der Waals surface area (Å²) in [6.45, 7) is 0. The van der Waals surface area contributed by atoms with E-state index in [-0.39, 0.29) is 0 Å². The van der Waals surface area contributed by atoms with Crippen molar-refractivity contribution < 1.29 is 84.9 Å². The van der Waals surface area contributed by atoms with Crippen molar-refractivity contribution in [2.45, 2.75) is 0 Å². The predicted molar refractivity (Wildman–Crippen MR) is 25.4 cm³/mol. The van der Waals surface area contributed by atoms with Crippen molar-refractivity contribution in [3.8, 4) is 0 Å². The van der Waals surface area contributed by atoms with Gasteiger partial charge in [-0.2, -0.15) is 0 Å². The number of hydrogen-bond donors (Lipinski definition) is 1. The third-order valence-corrected chi connectivity index (χ3v) is 0.610. The predicted octanol–water partition coefficient (Wildman–Crippen LogP) is -1.40. The van der Waals surface area contributed by atoms with E-state index < -0.39 is 8.25 Å². The zero-order chi connectivity index (χ0) is 13.5. The van der Waals surface area contributed by atoms with Gasteiger partial charge in [-0.1, -0.05) is 0 Å². The van der Waals surface area contributed by atoms with Crippen molar-refractivity contribution in [2.75, 3.05) is 0 Å². The molecule has 0 rings (SSSR count). The lowest BCUT2D eigenvalue weighted by Gasteiger charge is -1.97. The summed E-state index contributed by atoms with van der Waals surface area (Å²) in [5.74, 6) is 0. The van der Waals surface area contributed by atoms with Crippen molar-refractivity contribution >= 4 is 8.25 Å². The van der Waals surface area contributed by atoms with Gasteiger partial charge in [-0.25, -0.2) is 5.26 Å². The molecule has 0 aromatic carbocycles. The molecule has 18 heteroatoms. The molecule has 0 radical (unpaired) electrons. The van der Waals surface area contributed by atoms with E-state index in [4.69, 9.17) is 5.26 Å². The molecule has 108 valence electrons. The van der Waals surface area contributed by atoms with Crippen molar-refractivity contribution in [1.82, 2.24) is 0 Å². The molecule has 0 heterocycles. The highest BCUT2D eigenvalue weighted by molar-refractivity contribution is 7.30. The smallest absolute Gasteiger partial charge is 0.524 e. The molecule has 1 unspecified atom stereocenters. The van der Waals surface area contributed by atoms with Crippen LogP contribution in [0.5, 0.6) is 0 Å². The van der Waals surface area contributed by atoms with Gasteiger partial charge in [-0.05, 0) is 39.8 Å². The maximum Gasteiger partial charge on any atom is 0.524 e. The monoisotopic (exact) mass is 304 g/mol. The van der Waals surface area contributed by atoms with Crippen LogP contribution in [-0.4, -0.2) is 5.26 Å². The minimum atomic E-state index is -3.32. The van der Waals surface area contributed by atoms with E-state index in [1.54, 1.807) is 0 Å². The second kappa shape index (κ2) is 14.5. The van der Waals surface area contributed by atoms with E-state index >= 15 is 0 Å². The second-order valence-electron chi connectivity index (χ2n) is 1.19. The zero-order valence-electron chi connectivity index (χ0n) is 7.43. The highest BCUT2D eigenvalue weighted by Gasteiger charge is 2.04.